The van der Waals surface area contributed by atoms with Gasteiger partial charge in [-0.1, -0.05) is 0 Å². The first kappa shape index (κ1) is 12.4. The van der Waals surface area contributed by atoms with Crippen LogP contribution in [0.4, 0.5) is 0 Å². The first-order valence-corrected chi connectivity index (χ1v) is 6.22. The number of hydrogen-bond donors (Lipinski definition) is 0. The number of amides is 1. The standard InChI is InChI=1S/C14H14N4O2/c1-17(2)12(19)9-18-13-10(5-3-7-15-13)16-14(18)11-6-4-8-20-11/h3-8H,9H2,1-2H3. The SMILES string of the molecule is CN(C)C(=O)Cn1c(-c2ccco2)nc2cccnc21. The van der Waals surface area contributed by atoms with Crippen molar-refractivity contribution < 1.29 is 9.21 Å². The second-order valence-corrected chi connectivity index (χ2v) is 4.63. The van der Waals surface area contributed by atoms with Gasteiger partial charge >= 0.3 is 0 Å². The van der Waals surface area contributed by atoms with E-state index >= 15 is 0 Å². The Kier molecular flexibility index (Phi) is 2.98. The molecule has 0 spiro atoms. The molecule has 1 amide bonds. The van der Waals surface area contributed by atoms with Crippen LogP contribution in [0.25, 0.3) is 22.7 Å². The first-order valence-electron chi connectivity index (χ1n) is 6.22. The Labute approximate surface area is 115 Å². The summed E-state index contributed by atoms with van der Waals surface area (Å²) in [4.78, 5) is 22.4. The molecule has 0 atom stereocenters. The summed E-state index contributed by atoms with van der Waals surface area (Å²) >= 11 is 0. The van der Waals surface area contributed by atoms with Crippen molar-refractivity contribution in [3.8, 4) is 11.6 Å². The number of hydrogen-bond acceptors (Lipinski definition) is 4. The fourth-order valence-electron chi connectivity index (χ4n) is 1.98. The molecule has 0 aliphatic carbocycles. The van der Waals surface area contributed by atoms with Crippen LogP contribution in [-0.4, -0.2) is 39.4 Å². The summed E-state index contributed by atoms with van der Waals surface area (Å²) in [6.45, 7) is 0.177. The molecule has 0 N–H and O–H groups in total. The molecular formula is C14H14N4O2. The van der Waals surface area contributed by atoms with E-state index in [1.165, 1.54) is 0 Å². The van der Waals surface area contributed by atoms with Crippen LogP contribution in [-0.2, 0) is 11.3 Å². The van der Waals surface area contributed by atoms with E-state index in [9.17, 15) is 4.79 Å². The number of likely N-dealkylation sites (N-methyl/N-ethyl adjacent to an activating group) is 1. The van der Waals surface area contributed by atoms with Crippen molar-refractivity contribution in [2.45, 2.75) is 6.54 Å². The maximum atomic E-state index is 12.0. The van der Waals surface area contributed by atoms with Crippen molar-refractivity contribution in [3.63, 3.8) is 0 Å². The Morgan fingerprint density at radius 3 is 2.90 bits per heavy atom. The molecule has 0 aliphatic heterocycles. The zero-order valence-electron chi connectivity index (χ0n) is 11.3. The first-order chi connectivity index (χ1) is 9.66. The van der Waals surface area contributed by atoms with Gasteiger partial charge in [0.15, 0.2) is 17.2 Å². The van der Waals surface area contributed by atoms with E-state index in [0.29, 0.717) is 17.2 Å². The topological polar surface area (TPSA) is 64.2 Å². The Balaban J connectivity index is 2.16. The summed E-state index contributed by atoms with van der Waals surface area (Å²) in [7, 11) is 3.45. The van der Waals surface area contributed by atoms with Crippen molar-refractivity contribution in [2.75, 3.05) is 14.1 Å². The summed E-state index contributed by atoms with van der Waals surface area (Å²) in [5.74, 6) is 1.20. The Bertz CT molecular complexity index is 744. The quantitative estimate of drug-likeness (QED) is 0.727. The van der Waals surface area contributed by atoms with Gasteiger partial charge in [-0.3, -0.25) is 9.36 Å². The van der Waals surface area contributed by atoms with Gasteiger partial charge in [0, 0.05) is 20.3 Å². The molecule has 3 aromatic heterocycles. The molecule has 0 aliphatic rings. The summed E-state index contributed by atoms with van der Waals surface area (Å²) in [5.41, 5.74) is 1.42. The highest BCUT2D eigenvalue weighted by Crippen LogP contribution is 2.23. The fraction of sp³-hybridized carbons (Fsp3) is 0.214. The van der Waals surface area contributed by atoms with E-state index in [1.807, 2.05) is 18.2 Å². The molecule has 0 aromatic carbocycles. The number of fused-ring (bicyclic) bond motifs is 1. The van der Waals surface area contributed by atoms with Gasteiger partial charge in [-0.05, 0) is 24.3 Å². The molecule has 0 bridgehead atoms. The molecule has 0 unspecified atom stereocenters. The van der Waals surface area contributed by atoms with Gasteiger partial charge in [0.1, 0.15) is 12.1 Å². The molecule has 20 heavy (non-hydrogen) atoms. The Morgan fingerprint density at radius 2 is 2.20 bits per heavy atom. The van der Waals surface area contributed by atoms with Crippen LogP contribution in [0.2, 0.25) is 0 Å². The lowest BCUT2D eigenvalue weighted by atomic mass is 10.4. The number of furan rings is 1. The Hall–Kier alpha value is -2.63. The highest BCUT2D eigenvalue weighted by Gasteiger charge is 2.18. The minimum absolute atomic E-state index is 0.0252. The van der Waals surface area contributed by atoms with Gasteiger partial charge in [0.05, 0.1) is 6.26 Å². The molecular weight excluding hydrogens is 256 g/mol. The minimum Gasteiger partial charge on any atom is -0.461 e. The molecule has 0 saturated heterocycles. The third-order valence-electron chi connectivity index (χ3n) is 3.04. The molecule has 0 saturated carbocycles. The summed E-state index contributed by atoms with van der Waals surface area (Å²) in [6.07, 6.45) is 3.27. The maximum Gasteiger partial charge on any atom is 0.242 e. The van der Waals surface area contributed by atoms with E-state index in [0.717, 1.165) is 5.52 Å². The summed E-state index contributed by atoms with van der Waals surface area (Å²) in [5, 5.41) is 0. The molecule has 3 heterocycles. The largest absolute Gasteiger partial charge is 0.461 e. The van der Waals surface area contributed by atoms with Gasteiger partial charge in [0.2, 0.25) is 5.91 Å². The summed E-state index contributed by atoms with van der Waals surface area (Å²) in [6, 6.07) is 7.29. The van der Waals surface area contributed by atoms with Crippen LogP contribution >= 0.6 is 0 Å². The third-order valence-corrected chi connectivity index (χ3v) is 3.04. The molecule has 0 fully saturated rings. The van der Waals surface area contributed by atoms with Gasteiger partial charge < -0.3 is 9.32 Å². The van der Waals surface area contributed by atoms with Crippen LogP contribution in [0.5, 0.6) is 0 Å². The monoisotopic (exact) mass is 270 g/mol. The molecule has 6 nitrogen and oxygen atoms in total. The van der Waals surface area contributed by atoms with Crippen molar-refractivity contribution in [1.29, 1.82) is 0 Å². The van der Waals surface area contributed by atoms with Crippen LogP contribution in [0.3, 0.4) is 0 Å². The van der Waals surface area contributed by atoms with Crippen molar-refractivity contribution >= 4 is 17.1 Å². The van der Waals surface area contributed by atoms with Gasteiger partial charge in [-0.2, -0.15) is 0 Å². The fourth-order valence-corrected chi connectivity index (χ4v) is 1.98. The highest BCUT2D eigenvalue weighted by atomic mass is 16.3. The lowest BCUT2D eigenvalue weighted by Crippen LogP contribution is -2.26. The molecule has 3 aromatic rings. The average molecular weight is 270 g/mol. The van der Waals surface area contributed by atoms with Crippen molar-refractivity contribution in [1.82, 2.24) is 19.4 Å². The minimum atomic E-state index is -0.0252. The van der Waals surface area contributed by atoms with E-state index in [4.69, 9.17) is 4.42 Å². The Morgan fingerprint density at radius 1 is 1.35 bits per heavy atom. The number of nitrogens with zero attached hydrogens (tertiary/aromatic N) is 4. The smallest absolute Gasteiger partial charge is 0.242 e. The van der Waals surface area contributed by atoms with Crippen LogP contribution in [0.1, 0.15) is 0 Å². The molecule has 6 heteroatoms. The number of pyridine rings is 1. The number of carbonyl (C=O) groups is 1. The lowest BCUT2D eigenvalue weighted by Gasteiger charge is -2.12. The van der Waals surface area contributed by atoms with Gasteiger partial charge in [-0.25, -0.2) is 9.97 Å². The number of carbonyl (C=O) groups excluding carboxylic acids is 1. The maximum absolute atomic E-state index is 12.0. The van der Waals surface area contributed by atoms with E-state index in [1.54, 1.807) is 42.1 Å². The predicted molar refractivity (Wildman–Crippen MR) is 73.9 cm³/mol. The van der Waals surface area contributed by atoms with Crippen molar-refractivity contribution in [2.24, 2.45) is 0 Å². The van der Waals surface area contributed by atoms with Gasteiger partial charge in [-0.15, -0.1) is 0 Å². The van der Waals surface area contributed by atoms with E-state index in [2.05, 4.69) is 9.97 Å². The third kappa shape index (κ3) is 2.05. The van der Waals surface area contributed by atoms with Crippen LogP contribution in [0, 0.1) is 0 Å². The van der Waals surface area contributed by atoms with Crippen LogP contribution in [0.15, 0.2) is 41.1 Å². The predicted octanol–water partition coefficient (Wildman–Crippen LogP) is 1.78. The lowest BCUT2D eigenvalue weighted by molar-refractivity contribution is -0.129. The molecule has 0 radical (unpaired) electrons. The molecule has 3 rings (SSSR count). The van der Waals surface area contributed by atoms with Crippen LogP contribution < -0.4 is 0 Å². The second kappa shape index (κ2) is 4.80. The number of imidazole rings is 1. The number of rotatable bonds is 3. The average Bonchev–Trinajstić information content (AvgIpc) is 3.06. The van der Waals surface area contributed by atoms with E-state index in [-0.39, 0.29) is 12.5 Å². The molecule has 102 valence electrons. The number of aromatic nitrogens is 3. The summed E-state index contributed by atoms with van der Waals surface area (Å²) < 4.78 is 7.17. The van der Waals surface area contributed by atoms with E-state index < -0.39 is 0 Å². The normalized spacial score (nSPS) is 10.9. The second-order valence-electron chi connectivity index (χ2n) is 4.63. The van der Waals surface area contributed by atoms with Gasteiger partial charge in [0.25, 0.3) is 0 Å². The zero-order valence-corrected chi connectivity index (χ0v) is 11.3. The highest BCUT2D eigenvalue weighted by molar-refractivity contribution is 5.81. The zero-order chi connectivity index (χ0) is 14.1. The van der Waals surface area contributed by atoms with Crippen molar-refractivity contribution in [3.05, 3.63) is 36.7 Å².